The lowest BCUT2D eigenvalue weighted by atomic mass is 10.2. The van der Waals surface area contributed by atoms with E-state index in [1.54, 1.807) is 31.3 Å². The van der Waals surface area contributed by atoms with Crippen LogP contribution in [0, 0.1) is 0 Å². The molecular weight excluding hydrogens is 396 g/mol. The molecule has 0 unspecified atom stereocenters. The van der Waals surface area contributed by atoms with Crippen molar-refractivity contribution in [3.63, 3.8) is 0 Å². The smallest absolute Gasteiger partial charge is 0.410 e. The second kappa shape index (κ2) is 10.8. The summed E-state index contributed by atoms with van der Waals surface area (Å²) in [5, 5.41) is 0.582. The monoisotopic (exact) mass is 428 g/mol. The first-order valence-electron chi connectivity index (χ1n) is 9.88. The molecule has 0 saturated carbocycles. The zero-order chi connectivity index (χ0) is 21.4. The summed E-state index contributed by atoms with van der Waals surface area (Å²) in [6.07, 6.45) is 1.40. The molecule has 1 aliphatic rings. The molecule has 29 heavy (non-hydrogen) atoms. The number of rotatable bonds is 8. The van der Waals surface area contributed by atoms with E-state index in [1.165, 1.54) is 0 Å². The SMILES string of the molecule is COCCOc1cnc(N2CCN(CCN(C)C(=O)OC(C)(C)C)CC2)c(Cl)c1. The Labute approximate surface area is 178 Å². The summed E-state index contributed by atoms with van der Waals surface area (Å²) >= 11 is 6.42. The lowest BCUT2D eigenvalue weighted by Gasteiger charge is -2.36. The number of aromatic nitrogens is 1. The van der Waals surface area contributed by atoms with E-state index < -0.39 is 5.60 Å². The molecule has 0 aliphatic carbocycles. The summed E-state index contributed by atoms with van der Waals surface area (Å²) in [7, 11) is 3.40. The van der Waals surface area contributed by atoms with Gasteiger partial charge in [0.1, 0.15) is 23.8 Å². The number of amides is 1. The Kier molecular flexibility index (Phi) is 8.79. The highest BCUT2D eigenvalue weighted by atomic mass is 35.5. The highest BCUT2D eigenvalue weighted by molar-refractivity contribution is 6.33. The zero-order valence-corrected chi connectivity index (χ0v) is 18.9. The van der Waals surface area contributed by atoms with Crippen molar-refractivity contribution in [2.24, 2.45) is 0 Å². The third kappa shape index (κ3) is 7.87. The average molecular weight is 429 g/mol. The normalized spacial score (nSPS) is 15.3. The van der Waals surface area contributed by atoms with E-state index in [4.69, 9.17) is 25.8 Å². The van der Waals surface area contributed by atoms with E-state index in [2.05, 4.69) is 14.8 Å². The molecule has 0 aromatic carbocycles. The fourth-order valence-electron chi connectivity index (χ4n) is 2.87. The highest BCUT2D eigenvalue weighted by Gasteiger charge is 2.23. The third-order valence-electron chi connectivity index (χ3n) is 4.48. The van der Waals surface area contributed by atoms with Crippen molar-refractivity contribution in [1.82, 2.24) is 14.8 Å². The third-order valence-corrected chi connectivity index (χ3v) is 4.76. The van der Waals surface area contributed by atoms with Crippen molar-refractivity contribution < 1.29 is 19.0 Å². The van der Waals surface area contributed by atoms with Crippen LogP contribution in [0.15, 0.2) is 12.3 Å². The number of carbonyl (C=O) groups is 1. The van der Waals surface area contributed by atoms with Crippen molar-refractivity contribution in [2.45, 2.75) is 26.4 Å². The number of carbonyl (C=O) groups excluding carboxylic acids is 1. The van der Waals surface area contributed by atoms with Gasteiger partial charge in [-0.15, -0.1) is 0 Å². The Hall–Kier alpha value is -1.77. The maximum absolute atomic E-state index is 12.1. The molecule has 0 spiro atoms. The van der Waals surface area contributed by atoms with Gasteiger partial charge in [-0.25, -0.2) is 9.78 Å². The Morgan fingerprint density at radius 1 is 1.24 bits per heavy atom. The summed E-state index contributed by atoms with van der Waals surface area (Å²) in [6.45, 7) is 11.4. The molecule has 164 valence electrons. The van der Waals surface area contributed by atoms with Gasteiger partial charge in [-0.1, -0.05) is 11.6 Å². The van der Waals surface area contributed by atoms with Crippen molar-refractivity contribution >= 4 is 23.5 Å². The van der Waals surface area contributed by atoms with Gasteiger partial charge in [-0.05, 0) is 20.8 Å². The van der Waals surface area contributed by atoms with Crippen LogP contribution in [0.5, 0.6) is 5.75 Å². The number of pyridine rings is 1. The molecule has 8 nitrogen and oxygen atoms in total. The van der Waals surface area contributed by atoms with E-state index in [0.717, 1.165) is 38.5 Å². The Morgan fingerprint density at radius 2 is 1.93 bits per heavy atom. The topological polar surface area (TPSA) is 67.4 Å². The second-order valence-corrected chi connectivity index (χ2v) is 8.46. The fraction of sp³-hybridized carbons (Fsp3) is 0.700. The predicted octanol–water partition coefficient (Wildman–Crippen LogP) is 2.75. The van der Waals surface area contributed by atoms with E-state index in [-0.39, 0.29) is 6.09 Å². The standard InChI is InChI=1S/C20H33ClN4O4/c1-20(2,3)29-19(26)23(4)6-7-24-8-10-25(11-9-24)18-17(21)14-16(15-22-18)28-13-12-27-5/h14-15H,6-13H2,1-5H3. The first-order chi connectivity index (χ1) is 13.7. The molecule has 1 fully saturated rings. The number of anilines is 1. The van der Waals surface area contributed by atoms with Gasteiger partial charge in [0.15, 0.2) is 0 Å². The van der Waals surface area contributed by atoms with E-state index in [9.17, 15) is 4.79 Å². The molecule has 0 N–H and O–H groups in total. The molecule has 1 aromatic heterocycles. The number of nitrogens with zero attached hydrogens (tertiary/aromatic N) is 4. The summed E-state index contributed by atoms with van der Waals surface area (Å²) in [4.78, 5) is 22.7. The van der Waals surface area contributed by atoms with E-state index >= 15 is 0 Å². The quantitative estimate of drug-likeness (QED) is 0.589. The van der Waals surface area contributed by atoms with Gasteiger partial charge in [0.25, 0.3) is 0 Å². The number of hydrogen-bond acceptors (Lipinski definition) is 7. The number of halogens is 1. The Bertz CT molecular complexity index is 660. The van der Waals surface area contributed by atoms with Gasteiger partial charge in [-0.3, -0.25) is 4.90 Å². The lowest BCUT2D eigenvalue weighted by molar-refractivity contribution is 0.0282. The van der Waals surface area contributed by atoms with Crippen LogP contribution in [-0.4, -0.2) is 93.1 Å². The number of hydrogen-bond donors (Lipinski definition) is 0. The molecule has 0 radical (unpaired) electrons. The van der Waals surface area contributed by atoms with Gasteiger partial charge in [0.05, 0.1) is 17.8 Å². The van der Waals surface area contributed by atoms with Gasteiger partial charge >= 0.3 is 6.09 Å². The molecule has 0 atom stereocenters. The van der Waals surface area contributed by atoms with E-state index in [1.807, 2.05) is 20.8 Å². The van der Waals surface area contributed by atoms with Gasteiger partial charge in [0.2, 0.25) is 0 Å². The molecule has 2 rings (SSSR count). The van der Waals surface area contributed by atoms with Crippen molar-refractivity contribution in [3.05, 3.63) is 17.3 Å². The predicted molar refractivity (Wildman–Crippen MR) is 114 cm³/mol. The number of likely N-dealkylation sites (N-methyl/N-ethyl adjacent to an activating group) is 1. The van der Waals surface area contributed by atoms with Crippen LogP contribution in [0.1, 0.15) is 20.8 Å². The number of methoxy groups -OCH3 is 1. The van der Waals surface area contributed by atoms with Gasteiger partial charge in [-0.2, -0.15) is 0 Å². The molecule has 1 amide bonds. The first kappa shape index (κ1) is 23.5. The average Bonchev–Trinajstić information content (AvgIpc) is 2.65. The Balaban J connectivity index is 1.78. The van der Waals surface area contributed by atoms with Crippen LogP contribution in [-0.2, 0) is 9.47 Å². The summed E-state index contributed by atoms with van der Waals surface area (Å²) in [5.41, 5.74) is -0.479. The zero-order valence-electron chi connectivity index (χ0n) is 18.1. The van der Waals surface area contributed by atoms with Crippen molar-refractivity contribution in [3.8, 4) is 5.75 Å². The highest BCUT2D eigenvalue weighted by Crippen LogP contribution is 2.28. The maximum atomic E-state index is 12.1. The first-order valence-corrected chi connectivity index (χ1v) is 10.3. The van der Waals surface area contributed by atoms with Crippen LogP contribution >= 0.6 is 11.6 Å². The van der Waals surface area contributed by atoms with Crippen LogP contribution in [0.2, 0.25) is 5.02 Å². The van der Waals surface area contributed by atoms with Crippen LogP contribution in [0.3, 0.4) is 0 Å². The fourth-order valence-corrected chi connectivity index (χ4v) is 3.15. The molecule has 1 aliphatic heterocycles. The largest absolute Gasteiger partial charge is 0.490 e. The molecule has 1 aromatic rings. The summed E-state index contributed by atoms with van der Waals surface area (Å²) < 4.78 is 15.9. The summed E-state index contributed by atoms with van der Waals surface area (Å²) in [6, 6.07) is 1.79. The molecular formula is C20H33ClN4O4. The summed E-state index contributed by atoms with van der Waals surface area (Å²) in [5.74, 6) is 1.41. The lowest BCUT2D eigenvalue weighted by Crippen LogP contribution is -2.49. The molecule has 9 heteroatoms. The van der Waals surface area contributed by atoms with Crippen LogP contribution in [0.4, 0.5) is 10.6 Å². The maximum Gasteiger partial charge on any atom is 0.410 e. The Morgan fingerprint density at radius 3 is 2.52 bits per heavy atom. The minimum Gasteiger partial charge on any atom is -0.490 e. The van der Waals surface area contributed by atoms with Crippen LogP contribution in [0.25, 0.3) is 0 Å². The number of piperazine rings is 1. The molecule has 1 saturated heterocycles. The second-order valence-electron chi connectivity index (χ2n) is 8.05. The van der Waals surface area contributed by atoms with Gasteiger partial charge < -0.3 is 24.0 Å². The van der Waals surface area contributed by atoms with Crippen molar-refractivity contribution in [1.29, 1.82) is 0 Å². The van der Waals surface area contributed by atoms with Gasteiger partial charge in [0, 0.05) is 59.5 Å². The minimum absolute atomic E-state index is 0.292. The molecule has 2 heterocycles. The van der Waals surface area contributed by atoms with Crippen LogP contribution < -0.4 is 9.64 Å². The molecule has 0 bridgehead atoms. The van der Waals surface area contributed by atoms with Crippen molar-refractivity contribution in [2.75, 3.05) is 71.5 Å². The van der Waals surface area contributed by atoms with E-state index in [0.29, 0.717) is 30.5 Å². The number of ether oxygens (including phenoxy) is 3. The minimum atomic E-state index is -0.479.